The molecular weight excluding hydrogens is 630 g/mol. The third kappa shape index (κ3) is 7.89. The van der Waals surface area contributed by atoms with Gasteiger partial charge in [-0.2, -0.15) is 0 Å². The highest BCUT2D eigenvalue weighted by Gasteiger charge is 2.49. The van der Waals surface area contributed by atoms with E-state index in [-0.39, 0.29) is 17.9 Å². The number of carbonyl (C=O) groups is 3. The van der Waals surface area contributed by atoms with Crippen LogP contribution in [0.5, 0.6) is 5.75 Å². The smallest absolute Gasteiger partial charge is 0.341 e. The summed E-state index contributed by atoms with van der Waals surface area (Å²) in [7, 11) is -3.57. The van der Waals surface area contributed by atoms with E-state index in [0.717, 1.165) is 30.2 Å². The summed E-state index contributed by atoms with van der Waals surface area (Å²) in [5, 5.41) is 12.5. The minimum Gasteiger partial charge on any atom is -0.482 e. The zero-order valence-corrected chi connectivity index (χ0v) is 27.3. The fourth-order valence-corrected chi connectivity index (χ4v) is 7.63. The Bertz CT molecular complexity index is 1680. The van der Waals surface area contributed by atoms with Gasteiger partial charge < -0.3 is 20.1 Å². The molecule has 12 heteroatoms. The van der Waals surface area contributed by atoms with Crippen LogP contribution in [0.2, 0.25) is 5.02 Å². The maximum atomic E-state index is 14.4. The largest absolute Gasteiger partial charge is 0.482 e. The fourth-order valence-electron chi connectivity index (χ4n) is 6.67. The van der Waals surface area contributed by atoms with E-state index in [4.69, 9.17) is 21.4 Å². The van der Waals surface area contributed by atoms with Gasteiger partial charge in [0.1, 0.15) is 5.75 Å². The summed E-state index contributed by atoms with van der Waals surface area (Å²) >= 11 is 6.26. The summed E-state index contributed by atoms with van der Waals surface area (Å²) in [6.07, 6.45) is 4.42. The summed E-state index contributed by atoms with van der Waals surface area (Å²) in [6.45, 7) is 1.46. The van der Waals surface area contributed by atoms with Crippen molar-refractivity contribution in [2.75, 3.05) is 12.9 Å². The summed E-state index contributed by atoms with van der Waals surface area (Å²) in [6, 6.07) is 19.3. The number of rotatable bonds is 11. The highest BCUT2D eigenvalue weighted by atomic mass is 35.5. The van der Waals surface area contributed by atoms with E-state index in [1.54, 1.807) is 41.3 Å². The molecule has 1 unspecified atom stereocenters. The van der Waals surface area contributed by atoms with Crippen LogP contribution in [0.25, 0.3) is 0 Å². The first-order valence-corrected chi connectivity index (χ1v) is 17.6. The van der Waals surface area contributed by atoms with Crippen molar-refractivity contribution in [3.8, 4) is 5.75 Å². The average molecular weight is 668 g/mol. The second kappa shape index (κ2) is 14.2. The van der Waals surface area contributed by atoms with E-state index in [2.05, 4.69) is 10.0 Å². The lowest BCUT2D eigenvalue weighted by Crippen LogP contribution is -2.59. The highest BCUT2D eigenvalue weighted by molar-refractivity contribution is 7.88. The maximum Gasteiger partial charge on any atom is 0.341 e. The Hall–Kier alpha value is -3.93. The Morgan fingerprint density at radius 3 is 2.37 bits per heavy atom. The molecule has 2 amide bonds. The molecule has 0 spiro atoms. The number of amides is 2. The standard InChI is InChI=1S/C34H38ClN3O7S/c1-21(19-22-11-17-25(18-12-22)45-20-30(39)40)36-33(41)31-26-7-3-4-8-27(26)34(42)38(32(31)23-13-15-24(35)16-14-23)29-10-6-5-9-28(29)37-46(2,43)44/h3-4,7-8,11-18,21,28-29,31-32,37H,5-6,9-10,19-20H2,1-2H3,(H,36,41)(H,39,40)/t21?,28-,29-,31+,32-/m0/s1. The molecule has 0 bridgehead atoms. The monoisotopic (exact) mass is 667 g/mol. The SMILES string of the molecule is CC(Cc1ccc(OCC(=O)O)cc1)NC(=O)[C@@H]1c2ccccc2C(=O)N([C@H]2CCCC[C@@H]2NS(C)(=O)=O)[C@H]1c1ccc(Cl)cc1. The van der Waals surface area contributed by atoms with Gasteiger partial charge in [-0.05, 0) is 73.2 Å². The number of nitrogens with one attached hydrogen (secondary N) is 2. The molecule has 0 radical (unpaired) electrons. The van der Waals surface area contributed by atoms with Gasteiger partial charge in [0, 0.05) is 28.7 Å². The quantitative estimate of drug-likeness (QED) is 0.269. The number of benzene rings is 3. The third-order valence-corrected chi connectivity index (χ3v) is 9.52. The van der Waals surface area contributed by atoms with Crippen molar-refractivity contribution in [1.82, 2.24) is 14.9 Å². The zero-order chi connectivity index (χ0) is 33.0. The Morgan fingerprint density at radius 1 is 1.02 bits per heavy atom. The van der Waals surface area contributed by atoms with Gasteiger partial charge in [0.25, 0.3) is 5.91 Å². The molecule has 5 rings (SSSR count). The molecule has 1 aliphatic heterocycles. The number of carbonyl (C=O) groups excluding carboxylic acids is 2. The van der Waals surface area contributed by atoms with Crippen molar-refractivity contribution in [3.63, 3.8) is 0 Å². The van der Waals surface area contributed by atoms with Crippen LogP contribution >= 0.6 is 11.6 Å². The van der Waals surface area contributed by atoms with Crippen molar-refractivity contribution in [3.05, 3.63) is 100 Å². The van der Waals surface area contributed by atoms with Gasteiger partial charge in [-0.25, -0.2) is 17.9 Å². The van der Waals surface area contributed by atoms with Crippen LogP contribution in [0.1, 0.15) is 71.6 Å². The molecule has 1 fully saturated rings. The minimum absolute atomic E-state index is 0.245. The molecular formula is C34H38ClN3O7S. The van der Waals surface area contributed by atoms with Gasteiger partial charge in [-0.1, -0.05) is 66.9 Å². The van der Waals surface area contributed by atoms with Gasteiger partial charge in [0.05, 0.1) is 18.2 Å². The Balaban J connectivity index is 1.49. The zero-order valence-electron chi connectivity index (χ0n) is 25.7. The number of sulfonamides is 1. The molecule has 1 saturated carbocycles. The first-order chi connectivity index (χ1) is 21.9. The highest BCUT2D eigenvalue weighted by Crippen LogP contribution is 2.46. The Kier molecular flexibility index (Phi) is 10.3. The third-order valence-electron chi connectivity index (χ3n) is 8.54. The second-order valence-corrected chi connectivity index (χ2v) is 14.3. The molecule has 10 nitrogen and oxygen atoms in total. The number of carboxylic acid groups (broad SMARTS) is 1. The Morgan fingerprint density at radius 2 is 1.70 bits per heavy atom. The predicted octanol–water partition coefficient (Wildman–Crippen LogP) is 4.69. The van der Waals surface area contributed by atoms with Crippen LogP contribution in [-0.4, -0.2) is 67.2 Å². The first kappa shape index (κ1) is 33.4. The number of nitrogens with zero attached hydrogens (tertiary/aromatic N) is 1. The molecule has 3 aromatic carbocycles. The number of halogens is 1. The number of fused-ring (bicyclic) bond motifs is 1. The van der Waals surface area contributed by atoms with Gasteiger partial charge in [-0.15, -0.1) is 0 Å². The molecule has 1 aliphatic carbocycles. The Labute approximate surface area is 274 Å². The first-order valence-electron chi connectivity index (χ1n) is 15.3. The van der Waals surface area contributed by atoms with Gasteiger partial charge in [0.2, 0.25) is 15.9 Å². The van der Waals surface area contributed by atoms with Crippen molar-refractivity contribution in [1.29, 1.82) is 0 Å². The van der Waals surface area contributed by atoms with Crippen molar-refractivity contribution >= 4 is 39.4 Å². The van der Waals surface area contributed by atoms with E-state index in [9.17, 15) is 22.8 Å². The van der Waals surface area contributed by atoms with Crippen LogP contribution < -0.4 is 14.8 Å². The molecule has 46 heavy (non-hydrogen) atoms. The average Bonchev–Trinajstić information content (AvgIpc) is 3.00. The molecule has 0 aromatic heterocycles. The number of ether oxygens (including phenoxy) is 1. The lowest BCUT2D eigenvalue weighted by Gasteiger charge is -2.49. The van der Waals surface area contributed by atoms with Crippen LogP contribution in [0.3, 0.4) is 0 Å². The van der Waals surface area contributed by atoms with Gasteiger partial charge >= 0.3 is 5.97 Å². The van der Waals surface area contributed by atoms with Crippen molar-refractivity contribution in [2.45, 2.75) is 69.1 Å². The summed E-state index contributed by atoms with van der Waals surface area (Å²) in [5.74, 6) is -1.92. The predicted molar refractivity (Wildman–Crippen MR) is 174 cm³/mol. The lowest BCUT2D eigenvalue weighted by molar-refractivity contribution is -0.139. The van der Waals surface area contributed by atoms with E-state index in [1.165, 1.54) is 0 Å². The topological polar surface area (TPSA) is 142 Å². The van der Waals surface area contributed by atoms with Gasteiger partial charge in [0.15, 0.2) is 6.61 Å². The van der Waals surface area contributed by atoms with Crippen LogP contribution in [0.15, 0.2) is 72.8 Å². The van der Waals surface area contributed by atoms with Gasteiger partial charge in [-0.3, -0.25) is 9.59 Å². The summed E-state index contributed by atoms with van der Waals surface area (Å²) < 4.78 is 32.8. The second-order valence-electron chi connectivity index (χ2n) is 12.1. The molecule has 244 valence electrons. The normalized spacial score (nSPS) is 22.1. The van der Waals surface area contributed by atoms with E-state index < -0.39 is 46.6 Å². The number of hydrogen-bond donors (Lipinski definition) is 3. The number of hydrogen-bond acceptors (Lipinski definition) is 6. The van der Waals surface area contributed by atoms with E-state index in [0.29, 0.717) is 41.2 Å². The summed E-state index contributed by atoms with van der Waals surface area (Å²) in [4.78, 5) is 41.3. The van der Waals surface area contributed by atoms with Crippen LogP contribution in [0, 0.1) is 0 Å². The molecule has 1 heterocycles. The van der Waals surface area contributed by atoms with Crippen molar-refractivity contribution < 1.29 is 32.6 Å². The lowest BCUT2D eigenvalue weighted by atomic mass is 9.76. The summed E-state index contributed by atoms with van der Waals surface area (Å²) in [5.41, 5.74) is 2.67. The minimum atomic E-state index is -3.57. The molecule has 5 atom stereocenters. The maximum absolute atomic E-state index is 14.4. The fraction of sp³-hybridized carbons (Fsp3) is 0.382. The van der Waals surface area contributed by atoms with Crippen LogP contribution in [-0.2, 0) is 26.0 Å². The van der Waals surface area contributed by atoms with E-state index in [1.807, 2.05) is 43.3 Å². The molecule has 0 saturated heterocycles. The molecule has 3 N–H and O–H groups in total. The van der Waals surface area contributed by atoms with Crippen molar-refractivity contribution in [2.24, 2.45) is 0 Å². The van der Waals surface area contributed by atoms with Crippen LogP contribution in [0.4, 0.5) is 0 Å². The molecule has 3 aromatic rings. The number of aliphatic carboxylic acids is 1. The van der Waals surface area contributed by atoms with E-state index >= 15 is 0 Å². The number of carboxylic acids is 1. The molecule has 2 aliphatic rings.